The summed E-state index contributed by atoms with van der Waals surface area (Å²) in [5.41, 5.74) is 1.19. The van der Waals surface area contributed by atoms with Crippen LogP contribution in [0, 0.1) is 20.1 Å². The fraction of sp³-hybridized carbons (Fsp3) is 0.286. The minimum atomic E-state index is -0.977. The molecule has 3 aromatic heterocycles. The van der Waals surface area contributed by atoms with Gasteiger partial charge in [0.05, 0.1) is 11.1 Å². The number of thioether (sulfide) groups is 1. The Morgan fingerprint density at radius 1 is 1.28 bits per heavy atom. The van der Waals surface area contributed by atoms with E-state index < -0.39 is 6.17 Å². The summed E-state index contributed by atoms with van der Waals surface area (Å²) in [4.78, 5) is 19.4. The van der Waals surface area contributed by atoms with E-state index in [1.807, 2.05) is 6.26 Å². The second-order valence-corrected chi connectivity index (χ2v) is 6.38. The van der Waals surface area contributed by atoms with E-state index in [9.17, 15) is 0 Å². The molecular weight excluding hydrogens is 358 g/mol. The highest BCUT2D eigenvalue weighted by atomic mass is 32.2. The van der Waals surface area contributed by atoms with E-state index in [-0.39, 0.29) is 0 Å². The van der Waals surface area contributed by atoms with Crippen molar-refractivity contribution in [2.75, 3.05) is 6.26 Å². The monoisotopic (exact) mass is 369 g/mol. The van der Waals surface area contributed by atoms with E-state index >= 15 is 0 Å². The Kier molecular flexibility index (Phi) is 4.70. The maximum atomic E-state index is 7.09. The van der Waals surface area contributed by atoms with E-state index in [1.165, 1.54) is 23.3 Å². The number of fused-ring (bicyclic) bond motifs is 1. The summed E-state index contributed by atoms with van der Waals surface area (Å²) in [5, 5.41) is 10.5. The lowest BCUT2D eigenvalue weighted by atomic mass is 10.4. The number of rotatable bonds is 4. The van der Waals surface area contributed by atoms with Gasteiger partial charge in [0.2, 0.25) is 0 Å². The molecule has 25 heavy (non-hydrogen) atoms. The van der Waals surface area contributed by atoms with Crippen molar-refractivity contribution in [1.82, 2.24) is 23.9 Å². The van der Waals surface area contributed by atoms with Gasteiger partial charge in [-0.3, -0.25) is 0 Å². The Labute approximate surface area is 151 Å². The van der Waals surface area contributed by atoms with Crippen LogP contribution in [0.1, 0.15) is 17.7 Å². The maximum Gasteiger partial charge on any atom is 0.535 e. The predicted molar refractivity (Wildman–Crippen MR) is 95.1 cm³/mol. The number of azo groups is 1. The fourth-order valence-corrected chi connectivity index (χ4v) is 3.11. The molecular formula is C14H11N9S2. The third-order valence-electron chi connectivity index (χ3n) is 3.36. The molecule has 11 heteroatoms. The minimum Gasteiger partial charge on any atom is -0.301 e. The van der Waals surface area contributed by atoms with Crippen LogP contribution in [0.15, 0.2) is 21.6 Å². The Balaban J connectivity index is 1.98. The molecule has 0 aromatic carbocycles. The molecule has 0 spiro atoms. The van der Waals surface area contributed by atoms with Crippen molar-refractivity contribution in [2.24, 2.45) is 17.3 Å². The number of hydrogen-bond acceptors (Lipinski definition) is 8. The van der Waals surface area contributed by atoms with Crippen molar-refractivity contribution < 1.29 is 0 Å². The van der Waals surface area contributed by atoms with Gasteiger partial charge in [0.1, 0.15) is 0 Å². The molecule has 0 unspecified atom stereocenters. The molecule has 0 atom stereocenters. The number of aryl methyl sites for hydroxylation is 1. The van der Waals surface area contributed by atoms with Gasteiger partial charge in [-0.15, -0.1) is 10.2 Å². The van der Waals surface area contributed by atoms with Gasteiger partial charge in [0.25, 0.3) is 5.82 Å². The van der Waals surface area contributed by atoms with Gasteiger partial charge in [-0.05, 0) is 24.7 Å². The van der Waals surface area contributed by atoms with Crippen LogP contribution >= 0.6 is 23.3 Å². The highest BCUT2D eigenvalue weighted by molar-refractivity contribution is 7.98. The first kappa shape index (κ1) is 17.0. The summed E-state index contributed by atoms with van der Waals surface area (Å²) < 4.78 is 5.88. The van der Waals surface area contributed by atoms with Crippen molar-refractivity contribution in [3.8, 4) is 0 Å². The molecule has 3 heterocycles. The van der Waals surface area contributed by atoms with Gasteiger partial charge >= 0.3 is 6.17 Å². The summed E-state index contributed by atoms with van der Waals surface area (Å²) in [6.07, 6.45) is 2.60. The van der Waals surface area contributed by atoms with E-state index in [0.717, 1.165) is 5.39 Å². The van der Waals surface area contributed by atoms with E-state index in [0.29, 0.717) is 33.1 Å². The Morgan fingerprint density at radius 2 is 2.04 bits per heavy atom. The predicted octanol–water partition coefficient (Wildman–Crippen LogP) is 4.10. The molecule has 0 radical (unpaired) electrons. The molecule has 3 aromatic rings. The fourth-order valence-electron chi connectivity index (χ4n) is 2.14. The lowest BCUT2D eigenvalue weighted by Gasteiger charge is -1.97. The second kappa shape index (κ2) is 6.93. The molecule has 0 aliphatic carbocycles. The zero-order valence-corrected chi connectivity index (χ0v) is 15.1. The van der Waals surface area contributed by atoms with E-state index in [2.05, 4.69) is 39.2 Å². The lowest BCUT2D eigenvalue weighted by molar-refractivity contribution is 0.783. The van der Waals surface area contributed by atoms with Crippen LogP contribution in [0.2, 0.25) is 0 Å². The molecule has 3 rings (SSSR count). The van der Waals surface area contributed by atoms with Crippen molar-refractivity contribution >= 4 is 45.1 Å². The Bertz CT molecular complexity index is 1040. The second-order valence-electron chi connectivity index (χ2n) is 4.85. The average Bonchev–Trinajstić information content (AvgIpc) is 3.15. The van der Waals surface area contributed by atoms with Crippen molar-refractivity contribution in [1.29, 1.82) is 0 Å². The summed E-state index contributed by atoms with van der Waals surface area (Å²) in [5.74, 6) is 0.856. The summed E-state index contributed by atoms with van der Waals surface area (Å²) in [6, 6.07) is 0. The largest absolute Gasteiger partial charge is 0.535 e. The van der Waals surface area contributed by atoms with Crippen LogP contribution in [0.5, 0.6) is 0 Å². The van der Waals surface area contributed by atoms with Crippen molar-refractivity contribution in [2.45, 2.75) is 18.2 Å². The molecule has 124 valence electrons. The topological polar surface area (TPSA) is 89.9 Å². The molecule has 9 nitrogen and oxygen atoms in total. The third kappa shape index (κ3) is 3.07. The number of aromatic nitrogens is 5. The Morgan fingerprint density at radius 3 is 2.72 bits per heavy atom. The molecule has 0 saturated carbocycles. The summed E-state index contributed by atoms with van der Waals surface area (Å²) in [6.45, 7) is 16.0. The average molecular weight is 369 g/mol. The van der Waals surface area contributed by atoms with Gasteiger partial charge in [0, 0.05) is 13.2 Å². The quantitative estimate of drug-likeness (QED) is 0.299. The lowest BCUT2D eigenvalue weighted by Crippen LogP contribution is -1.99. The van der Waals surface area contributed by atoms with Gasteiger partial charge in [-0.25, -0.2) is 37.8 Å². The smallest absolute Gasteiger partial charge is 0.301 e. The first-order valence-electron chi connectivity index (χ1n) is 6.93. The molecule has 0 bridgehead atoms. The van der Waals surface area contributed by atoms with Crippen LogP contribution in [-0.2, 0) is 7.05 Å². The number of hydrogen-bond donors (Lipinski definition) is 0. The zero-order chi connectivity index (χ0) is 18.0. The Hall–Kier alpha value is -2.89. The third-order valence-corrected chi connectivity index (χ3v) is 4.66. The van der Waals surface area contributed by atoms with E-state index in [1.54, 1.807) is 24.7 Å². The number of nitrogens with zero attached hydrogens (tertiary/aromatic N) is 9. The molecule has 0 saturated heterocycles. The van der Waals surface area contributed by atoms with Crippen LogP contribution in [-0.4, -0.2) is 30.1 Å². The van der Waals surface area contributed by atoms with Gasteiger partial charge in [-0.2, -0.15) is 4.37 Å². The molecule has 0 fully saturated rings. The van der Waals surface area contributed by atoms with Gasteiger partial charge in [0.15, 0.2) is 21.6 Å². The standard InChI is InChI=1S/C14H11N9S2/c1-7-11(23(4)12(18-7)10(15-2)16-3)20-21-13-8-6-17-14(24-5)19-9(8)22-25-13/h6,10H,1,4-5H3/b21-20+. The molecule has 0 aliphatic rings. The van der Waals surface area contributed by atoms with Gasteiger partial charge in [-0.1, -0.05) is 11.8 Å². The van der Waals surface area contributed by atoms with E-state index in [4.69, 9.17) is 13.1 Å². The zero-order valence-electron chi connectivity index (χ0n) is 13.5. The number of imidazole rings is 1. The molecule has 0 amide bonds. The first-order valence-corrected chi connectivity index (χ1v) is 8.93. The normalized spacial score (nSPS) is 11.3. The molecule has 0 N–H and O–H groups in total. The van der Waals surface area contributed by atoms with Crippen LogP contribution in [0.25, 0.3) is 20.7 Å². The minimum absolute atomic E-state index is 0.360. The highest BCUT2D eigenvalue weighted by Gasteiger charge is 2.28. The maximum absolute atomic E-state index is 7.09. The summed E-state index contributed by atoms with van der Waals surface area (Å²) in [7, 11) is 1.71. The summed E-state index contributed by atoms with van der Waals surface area (Å²) >= 11 is 2.63. The first-order chi connectivity index (χ1) is 12.1. The highest BCUT2D eigenvalue weighted by Crippen LogP contribution is 2.32. The van der Waals surface area contributed by atoms with Crippen molar-refractivity contribution in [3.63, 3.8) is 0 Å². The SMILES string of the molecule is [C-]#[N+]C([N+]#[C-])c1nc(C)c(/N=N/c2snc3nc(SC)ncc23)n1C. The van der Waals surface area contributed by atoms with Crippen LogP contribution in [0.4, 0.5) is 10.8 Å². The van der Waals surface area contributed by atoms with Gasteiger partial charge < -0.3 is 4.57 Å². The van der Waals surface area contributed by atoms with Crippen molar-refractivity contribution in [3.05, 3.63) is 40.5 Å². The molecule has 0 aliphatic heterocycles. The van der Waals surface area contributed by atoms with Crippen LogP contribution < -0.4 is 0 Å². The van der Waals surface area contributed by atoms with Crippen LogP contribution in [0.3, 0.4) is 0 Å².